The first-order chi connectivity index (χ1) is 14.7. The lowest BCUT2D eigenvalue weighted by Crippen LogP contribution is -2.45. The Hall–Kier alpha value is -1.13. The van der Waals surface area contributed by atoms with Crippen molar-refractivity contribution < 1.29 is 4.74 Å². The number of nitrogens with zero attached hydrogens (tertiary/aromatic N) is 4. The van der Waals surface area contributed by atoms with Crippen LogP contribution in [0.3, 0.4) is 0 Å². The lowest BCUT2D eigenvalue weighted by Gasteiger charge is -2.35. The van der Waals surface area contributed by atoms with E-state index in [1.54, 1.807) is 0 Å². The van der Waals surface area contributed by atoms with Crippen molar-refractivity contribution in [3.8, 4) is 0 Å². The molecule has 8 heteroatoms. The van der Waals surface area contributed by atoms with Gasteiger partial charge in [-0.2, -0.15) is 0 Å². The van der Waals surface area contributed by atoms with Crippen LogP contribution in [0.15, 0.2) is 23.3 Å². The Kier molecular flexibility index (Phi) is 11.9. The summed E-state index contributed by atoms with van der Waals surface area (Å²) in [4.78, 5) is 14.3. The van der Waals surface area contributed by atoms with Gasteiger partial charge in [-0.05, 0) is 51.3 Å². The Bertz CT molecular complexity index is 656. The highest BCUT2D eigenvalue weighted by molar-refractivity contribution is 14.0. The van der Waals surface area contributed by atoms with Crippen molar-refractivity contribution in [3.63, 3.8) is 0 Å². The summed E-state index contributed by atoms with van der Waals surface area (Å²) in [6.07, 6.45) is 7.51. The number of nitrogens with one attached hydrogen (secondary N) is 2. The van der Waals surface area contributed by atoms with E-state index >= 15 is 0 Å². The van der Waals surface area contributed by atoms with Crippen LogP contribution >= 0.6 is 24.0 Å². The standard InChI is InChI=1S/C23H40N6O.HI/c1-4-21-8-6-7-12-28(21)13-11-25-23(24-5-2)27-17-20-9-10-22(26-16-20)29-14-15-30-19(3)18-29;/h9-10,16,19,21H,4-8,11-15,17-18H2,1-3H3,(H2,24,25,27);1H. The summed E-state index contributed by atoms with van der Waals surface area (Å²) in [6, 6.07) is 4.98. The number of anilines is 1. The van der Waals surface area contributed by atoms with Gasteiger partial charge in [0, 0.05) is 45.0 Å². The molecule has 2 fully saturated rings. The number of hydrogen-bond donors (Lipinski definition) is 2. The van der Waals surface area contributed by atoms with Gasteiger partial charge in [0.1, 0.15) is 5.82 Å². The minimum absolute atomic E-state index is 0. The Morgan fingerprint density at radius 3 is 2.81 bits per heavy atom. The van der Waals surface area contributed by atoms with E-state index in [2.05, 4.69) is 58.3 Å². The zero-order valence-corrected chi connectivity index (χ0v) is 21.8. The average molecular weight is 545 g/mol. The topological polar surface area (TPSA) is 65.0 Å². The van der Waals surface area contributed by atoms with Crippen LogP contribution in [0.25, 0.3) is 0 Å². The lowest BCUT2D eigenvalue weighted by atomic mass is 10.0. The zero-order chi connectivity index (χ0) is 21.2. The third-order valence-corrected chi connectivity index (χ3v) is 6.05. The fourth-order valence-corrected chi connectivity index (χ4v) is 4.37. The molecular formula is C23H41IN6O. The Balaban J connectivity index is 0.00000341. The molecule has 3 heterocycles. The smallest absolute Gasteiger partial charge is 0.191 e. The van der Waals surface area contributed by atoms with E-state index in [0.717, 1.165) is 62.7 Å². The quantitative estimate of drug-likeness (QED) is 0.298. The summed E-state index contributed by atoms with van der Waals surface area (Å²) in [5.74, 6) is 1.91. The second-order valence-electron chi connectivity index (χ2n) is 8.37. The number of aromatic nitrogens is 1. The molecule has 176 valence electrons. The maximum Gasteiger partial charge on any atom is 0.191 e. The number of rotatable bonds is 8. The van der Waals surface area contributed by atoms with Crippen LogP contribution in [0.5, 0.6) is 0 Å². The van der Waals surface area contributed by atoms with E-state index in [9.17, 15) is 0 Å². The minimum Gasteiger partial charge on any atom is -0.375 e. The first-order valence-corrected chi connectivity index (χ1v) is 11.8. The summed E-state index contributed by atoms with van der Waals surface area (Å²) in [5.41, 5.74) is 1.12. The SMILES string of the molecule is CCNC(=NCc1ccc(N2CCOC(C)C2)nc1)NCCN1CCCCC1CC.I. The van der Waals surface area contributed by atoms with Crippen molar-refractivity contribution in [2.75, 3.05) is 50.8 Å². The number of pyridine rings is 1. The Labute approximate surface area is 205 Å². The van der Waals surface area contributed by atoms with Gasteiger partial charge in [0.2, 0.25) is 0 Å². The maximum absolute atomic E-state index is 5.62. The predicted molar refractivity (Wildman–Crippen MR) is 140 cm³/mol. The third kappa shape index (κ3) is 8.38. The van der Waals surface area contributed by atoms with E-state index in [1.165, 1.54) is 32.2 Å². The summed E-state index contributed by atoms with van der Waals surface area (Å²) >= 11 is 0. The normalized spacial score (nSPS) is 22.7. The molecule has 31 heavy (non-hydrogen) atoms. The second-order valence-corrected chi connectivity index (χ2v) is 8.37. The molecule has 0 radical (unpaired) electrons. The van der Waals surface area contributed by atoms with Crippen LogP contribution in [-0.2, 0) is 11.3 Å². The molecule has 0 amide bonds. The van der Waals surface area contributed by atoms with Crippen LogP contribution in [0.2, 0.25) is 0 Å². The van der Waals surface area contributed by atoms with Gasteiger partial charge in [0.05, 0.1) is 19.3 Å². The molecule has 2 N–H and O–H groups in total. The van der Waals surface area contributed by atoms with Gasteiger partial charge in [-0.3, -0.25) is 4.90 Å². The molecule has 2 saturated heterocycles. The van der Waals surface area contributed by atoms with Crippen molar-refractivity contribution in [1.82, 2.24) is 20.5 Å². The highest BCUT2D eigenvalue weighted by atomic mass is 127. The number of aliphatic imine (C=N–C) groups is 1. The lowest BCUT2D eigenvalue weighted by molar-refractivity contribution is 0.0529. The minimum atomic E-state index is 0. The van der Waals surface area contributed by atoms with Gasteiger partial charge in [-0.15, -0.1) is 24.0 Å². The maximum atomic E-state index is 5.62. The van der Waals surface area contributed by atoms with Crippen LogP contribution < -0.4 is 15.5 Å². The molecule has 0 bridgehead atoms. The van der Waals surface area contributed by atoms with E-state index < -0.39 is 0 Å². The first kappa shape index (κ1) is 26.1. The monoisotopic (exact) mass is 544 g/mol. The van der Waals surface area contributed by atoms with Gasteiger partial charge in [-0.25, -0.2) is 9.98 Å². The molecular weight excluding hydrogens is 503 g/mol. The molecule has 1 aromatic rings. The molecule has 2 atom stereocenters. The van der Waals surface area contributed by atoms with E-state index in [0.29, 0.717) is 6.54 Å². The summed E-state index contributed by atoms with van der Waals surface area (Å²) in [5, 5.41) is 6.87. The van der Waals surface area contributed by atoms with Gasteiger partial charge < -0.3 is 20.3 Å². The number of hydrogen-bond acceptors (Lipinski definition) is 5. The zero-order valence-electron chi connectivity index (χ0n) is 19.5. The molecule has 3 rings (SSSR count). The van der Waals surface area contributed by atoms with Gasteiger partial charge >= 0.3 is 0 Å². The molecule has 0 spiro atoms. The summed E-state index contributed by atoms with van der Waals surface area (Å²) in [6.45, 7) is 13.8. The molecule has 2 aliphatic heterocycles. The number of halogens is 1. The van der Waals surface area contributed by atoms with Crippen molar-refractivity contribution >= 4 is 35.8 Å². The molecule has 2 unspecified atom stereocenters. The van der Waals surface area contributed by atoms with Crippen LogP contribution in [0.4, 0.5) is 5.82 Å². The highest BCUT2D eigenvalue weighted by Crippen LogP contribution is 2.18. The molecule has 1 aromatic heterocycles. The summed E-state index contributed by atoms with van der Waals surface area (Å²) < 4.78 is 5.62. The fraction of sp³-hybridized carbons (Fsp3) is 0.739. The first-order valence-electron chi connectivity index (χ1n) is 11.8. The molecule has 0 aromatic carbocycles. The molecule has 2 aliphatic rings. The molecule has 0 saturated carbocycles. The number of piperidine rings is 1. The number of ether oxygens (including phenoxy) is 1. The third-order valence-electron chi connectivity index (χ3n) is 6.05. The Morgan fingerprint density at radius 2 is 2.10 bits per heavy atom. The second kappa shape index (κ2) is 14.1. The van der Waals surface area contributed by atoms with Crippen LogP contribution in [0.1, 0.15) is 52.0 Å². The van der Waals surface area contributed by atoms with Crippen LogP contribution in [-0.4, -0.2) is 73.9 Å². The average Bonchev–Trinajstić information content (AvgIpc) is 2.78. The van der Waals surface area contributed by atoms with Crippen LogP contribution in [0, 0.1) is 0 Å². The number of guanidine groups is 1. The predicted octanol–water partition coefficient (Wildman–Crippen LogP) is 3.24. The van der Waals surface area contributed by atoms with Crippen molar-refractivity contribution in [1.29, 1.82) is 0 Å². The fourth-order valence-electron chi connectivity index (χ4n) is 4.37. The van der Waals surface area contributed by atoms with Gasteiger partial charge in [-0.1, -0.05) is 19.4 Å². The van der Waals surface area contributed by atoms with Crippen molar-refractivity contribution in [2.24, 2.45) is 4.99 Å². The summed E-state index contributed by atoms with van der Waals surface area (Å²) in [7, 11) is 0. The Morgan fingerprint density at radius 1 is 1.23 bits per heavy atom. The van der Waals surface area contributed by atoms with E-state index in [4.69, 9.17) is 9.73 Å². The van der Waals surface area contributed by atoms with Crippen molar-refractivity contribution in [3.05, 3.63) is 23.9 Å². The highest BCUT2D eigenvalue weighted by Gasteiger charge is 2.20. The van der Waals surface area contributed by atoms with Gasteiger partial charge in [0.15, 0.2) is 5.96 Å². The van der Waals surface area contributed by atoms with E-state index in [1.807, 2.05) is 6.20 Å². The number of likely N-dealkylation sites (tertiary alicyclic amines) is 1. The van der Waals surface area contributed by atoms with Gasteiger partial charge in [0.25, 0.3) is 0 Å². The molecule has 7 nitrogen and oxygen atoms in total. The number of morpholine rings is 1. The van der Waals surface area contributed by atoms with E-state index in [-0.39, 0.29) is 30.1 Å². The molecule has 0 aliphatic carbocycles. The largest absolute Gasteiger partial charge is 0.375 e. The van der Waals surface area contributed by atoms with Crippen molar-refractivity contribution in [2.45, 2.75) is 65.1 Å².